The van der Waals surface area contributed by atoms with Crippen molar-refractivity contribution in [3.63, 3.8) is 0 Å². The molecule has 0 radical (unpaired) electrons. The van der Waals surface area contributed by atoms with Crippen LogP contribution in [0.1, 0.15) is 34.1 Å². The van der Waals surface area contributed by atoms with Gasteiger partial charge < -0.3 is 0 Å². The van der Waals surface area contributed by atoms with Gasteiger partial charge in [-0.25, -0.2) is 0 Å². The van der Waals surface area contributed by atoms with E-state index in [4.69, 9.17) is 0 Å². The van der Waals surface area contributed by atoms with Crippen molar-refractivity contribution < 1.29 is 19.2 Å². The number of hydrogen-bond acceptors (Lipinski definition) is 6. The van der Waals surface area contributed by atoms with Gasteiger partial charge in [0.15, 0.2) is 0 Å². The molecule has 6 aliphatic rings. The van der Waals surface area contributed by atoms with Crippen LogP contribution < -0.4 is 0 Å². The summed E-state index contributed by atoms with van der Waals surface area (Å²) in [7, 11) is 0. The monoisotopic (exact) mass is 512 g/mol. The lowest BCUT2D eigenvalue weighted by Gasteiger charge is -2.59. The second kappa shape index (κ2) is 7.11. The molecule has 0 aromatic heterocycles. The first-order valence-corrected chi connectivity index (χ1v) is 13.3. The van der Waals surface area contributed by atoms with E-state index >= 15 is 0 Å². The van der Waals surface area contributed by atoms with Gasteiger partial charge in [0.25, 0.3) is 11.8 Å². The van der Waals surface area contributed by atoms with Crippen LogP contribution in [0.25, 0.3) is 0 Å². The molecule has 0 unspecified atom stereocenters. The minimum Gasteiger partial charge on any atom is -0.276 e. The average Bonchev–Trinajstić information content (AvgIpc) is 3.23. The maximum Gasteiger partial charge on any atom is 0.268 e. The Hall–Kier alpha value is -3.36. The van der Waals surface area contributed by atoms with Crippen molar-refractivity contribution in [2.75, 3.05) is 13.1 Å². The molecule has 6 nitrogen and oxygen atoms in total. The Morgan fingerprint density at radius 3 is 1.39 bits per heavy atom. The third-order valence-corrected chi connectivity index (χ3v) is 11.5. The molecule has 2 aromatic rings. The molecule has 8 rings (SSSR count). The van der Waals surface area contributed by atoms with Crippen LogP contribution in [0.3, 0.4) is 0 Å². The fourth-order valence-electron chi connectivity index (χ4n) is 6.75. The van der Waals surface area contributed by atoms with E-state index in [9.17, 15) is 19.2 Å². The SMILES string of the molecule is C=CCN1C(=O)C2=C(S[C@]34C(=O)N(CC=C)C(=O)[C@@]3(S2)C2c3ccccc3C4c3ccccc32)C1=O. The first-order valence-electron chi connectivity index (χ1n) is 11.7. The molecule has 2 bridgehead atoms. The first kappa shape index (κ1) is 21.9. The van der Waals surface area contributed by atoms with Crippen molar-refractivity contribution >= 4 is 47.2 Å². The predicted molar refractivity (Wildman–Crippen MR) is 138 cm³/mol. The number of nitrogens with zero attached hydrogens (tertiary/aromatic N) is 2. The molecule has 1 fully saturated rings. The standard InChI is InChI=1S/C28H20N2O4S2/c1-3-13-29-23(31)21-22(24(29)32)36-28-20-16-10-6-5-9-15(16)19(17-11-7-8-12-18(17)20)27(28,35-21)25(33)30(14-4-2)26(28)34/h3-12,19-20H,1-2,13-14H2/t19?,20?,27-,28+. The summed E-state index contributed by atoms with van der Waals surface area (Å²) in [5.41, 5.74) is 3.98. The fraction of sp³-hybridized carbons (Fsp3) is 0.214. The summed E-state index contributed by atoms with van der Waals surface area (Å²) in [6, 6.07) is 15.9. The Morgan fingerprint density at radius 1 is 0.667 bits per heavy atom. The second-order valence-corrected chi connectivity index (χ2v) is 12.0. The molecule has 178 valence electrons. The van der Waals surface area contributed by atoms with E-state index in [2.05, 4.69) is 13.2 Å². The lowest BCUT2D eigenvalue weighted by Crippen LogP contribution is -2.66. The molecule has 36 heavy (non-hydrogen) atoms. The first-order chi connectivity index (χ1) is 17.4. The largest absolute Gasteiger partial charge is 0.276 e. The predicted octanol–water partition coefficient (Wildman–Crippen LogP) is 3.56. The summed E-state index contributed by atoms with van der Waals surface area (Å²) >= 11 is 2.27. The Bertz CT molecular complexity index is 1360. The summed E-state index contributed by atoms with van der Waals surface area (Å²) in [5.74, 6) is -2.41. The van der Waals surface area contributed by atoms with Crippen molar-refractivity contribution in [3.8, 4) is 0 Å². The second-order valence-electron chi connectivity index (χ2n) is 9.48. The fourth-order valence-corrected chi connectivity index (χ4v) is 10.5. The van der Waals surface area contributed by atoms with Crippen LogP contribution in [0.15, 0.2) is 83.7 Å². The number of benzene rings is 2. The van der Waals surface area contributed by atoms with E-state index < -0.39 is 33.1 Å². The average molecular weight is 513 g/mol. The molecular formula is C28H20N2O4S2. The molecule has 2 atom stereocenters. The van der Waals surface area contributed by atoms with Gasteiger partial charge >= 0.3 is 0 Å². The van der Waals surface area contributed by atoms with Gasteiger partial charge in [-0.1, -0.05) is 84.2 Å². The zero-order valence-corrected chi connectivity index (χ0v) is 20.7. The van der Waals surface area contributed by atoms with E-state index in [1.165, 1.54) is 11.0 Å². The van der Waals surface area contributed by atoms with Gasteiger partial charge in [-0.05, 0) is 22.3 Å². The number of thioether (sulfide) groups is 2. The zero-order valence-electron chi connectivity index (χ0n) is 19.1. The Balaban J connectivity index is 1.57. The van der Waals surface area contributed by atoms with Gasteiger partial charge in [-0.2, -0.15) is 0 Å². The van der Waals surface area contributed by atoms with E-state index in [0.29, 0.717) is 0 Å². The van der Waals surface area contributed by atoms with Crippen LogP contribution >= 0.6 is 23.5 Å². The number of rotatable bonds is 4. The third-order valence-electron chi connectivity index (χ3n) is 7.96. The van der Waals surface area contributed by atoms with Gasteiger partial charge in [0.1, 0.15) is 9.49 Å². The highest BCUT2D eigenvalue weighted by atomic mass is 32.2. The number of carbonyl (C=O) groups is 4. The highest BCUT2D eigenvalue weighted by Crippen LogP contribution is 2.77. The smallest absolute Gasteiger partial charge is 0.268 e. The van der Waals surface area contributed by atoms with Crippen LogP contribution in [0.2, 0.25) is 0 Å². The van der Waals surface area contributed by atoms with Crippen LogP contribution in [0.4, 0.5) is 0 Å². The Labute approximate surface area is 216 Å². The van der Waals surface area contributed by atoms with Crippen molar-refractivity contribution in [2.24, 2.45) is 0 Å². The number of hydrogen-bond donors (Lipinski definition) is 0. The lowest BCUT2D eigenvalue weighted by molar-refractivity contribution is -0.139. The Kier molecular flexibility index (Phi) is 4.32. The highest BCUT2D eigenvalue weighted by molar-refractivity contribution is 8.14. The van der Waals surface area contributed by atoms with E-state index in [-0.39, 0.29) is 34.7 Å². The molecule has 3 aliphatic heterocycles. The van der Waals surface area contributed by atoms with Crippen LogP contribution in [-0.2, 0) is 19.2 Å². The van der Waals surface area contributed by atoms with Gasteiger partial charge in [-0.3, -0.25) is 29.0 Å². The molecule has 2 aromatic carbocycles. The number of carbonyl (C=O) groups excluding carboxylic acids is 4. The number of likely N-dealkylation sites (tertiary alicyclic amines) is 1. The molecule has 3 heterocycles. The van der Waals surface area contributed by atoms with Crippen molar-refractivity contribution in [2.45, 2.75) is 21.3 Å². The third kappa shape index (κ3) is 2.16. The van der Waals surface area contributed by atoms with E-state index in [1.807, 2.05) is 48.5 Å². The minimum atomic E-state index is -1.30. The molecule has 4 amide bonds. The lowest BCUT2D eigenvalue weighted by atomic mass is 9.53. The maximum atomic E-state index is 14.5. The number of amides is 4. The van der Waals surface area contributed by atoms with Crippen molar-refractivity contribution in [1.29, 1.82) is 0 Å². The summed E-state index contributed by atoms with van der Waals surface area (Å²) in [6.45, 7) is 7.60. The molecule has 1 saturated heterocycles. The zero-order chi connectivity index (χ0) is 25.0. The Morgan fingerprint density at radius 2 is 1.03 bits per heavy atom. The quantitative estimate of drug-likeness (QED) is 0.461. The van der Waals surface area contributed by atoms with Crippen molar-refractivity contribution in [1.82, 2.24) is 9.80 Å². The van der Waals surface area contributed by atoms with Gasteiger partial charge in [0.05, 0.1) is 9.81 Å². The van der Waals surface area contributed by atoms with Gasteiger partial charge in [0, 0.05) is 24.9 Å². The summed E-state index contributed by atoms with van der Waals surface area (Å²) in [6.07, 6.45) is 3.05. The van der Waals surface area contributed by atoms with E-state index in [0.717, 1.165) is 50.7 Å². The highest BCUT2D eigenvalue weighted by Gasteiger charge is 2.82. The normalized spacial score (nSPS) is 31.2. The minimum absolute atomic E-state index is 0.0730. The van der Waals surface area contributed by atoms with Crippen LogP contribution in [0.5, 0.6) is 0 Å². The summed E-state index contributed by atoms with van der Waals surface area (Å²) < 4.78 is -2.60. The van der Waals surface area contributed by atoms with E-state index in [1.54, 1.807) is 6.08 Å². The van der Waals surface area contributed by atoms with Crippen LogP contribution in [-0.4, -0.2) is 56.0 Å². The van der Waals surface area contributed by atoms with Gasteiger partial charge in [0.2, 0.25) is 11.8 Å². The van der Waals surface area contributed by atoms with Gasteiger partial charge in [-0.15, -0.1) is 13.2 Å². The summed E-state index contributed by atoms with van der Waals surface area (Å²) in [4.78, 5) is 58.7. The molecule has 8 heteroatoms. The molecular weight excluding hydrogens is 492 g/mol. The number of imide groups is 2. The summed E-state index contributed by atoms with van der Waals surface area (Å²) in [5, 5.41) is 0. The topological polar surface area (TPSA) is 74.8 Å². The molecule has 0 N–H and O–H groups in total. The molecule has 3 aliphatic carbocycles. The molecule has 0 saturated carbocycles. The maximum absolute atomic E-state index is 14.5. The van der Waals surface area contributed by atoms with Crippen molar-refractivity contribution in [3.05, 3.63) is 106 Å². The van der Waals surface area contributed by atoms with Crippen LogP contribution in [0, 0.1) is 0 Å². The molecule has 0 spiro atoms.